The number of aromatic nitrogens is 1. The van der Waals surface area contributed by atoms with Gasteiger partial charge in [0.2, 0.25) is 0 Å². The summed E-state index contributed by atoms with van der Waals surface area (Å²) in [7, 11) is 5.78. The SMILES string of the molecule is CN(C)CCCNC(=O)c1cc(NC(=O)c2ccc(Br)cc2)cn1C. The van der Waals surface area contributed by atoms with E-state index in [0.717, 1.165) is 17.4 Å². The van der Waals surface area contributed by atoms with Gasteiger partial charge >= 0.3 is 0 Å². The van der Waals surface area contributed by atoms with Crippen LogP contribution in [0.5, 0.6) is 0 Å². The lowest BCUT2D eigenvalue weighted by atomic mass is 10.2. The van der Waals surface area contributed by atoms with Crippen molar-refractivity contribution in [2.75, 3.05) is 32.5 Å². The van der Waals surface area contributed by atoms with Crippen molar-refractivity contribution in [1.29, 1.82) is 0 Å². The van der Waals surface area contributed by atoms with Crippen LogP contribution in [0, 0.1) is 0 Å². The molecule has 7 heteroatoms. The predicted molar refractivity (Wildman–Crippen MR) is 103 cm³/mol. The third-order valence-corrected chi connectivity index (χ3v) is 4.20. The Bertz CT molecular complexity index is 738. The van der Waals surface area contributed by atoms with Crippen molar-refractivity contribution in [2.24, 2.45) is 7.05 Å². The number of carbonyl (C=O) groups excluding carboxylic acids is 2. The van der Waals surface area contributed by atoms with Crippen LogP contribution < -0.4 is 10.6 Å². The third kappa shape index (κ3) is 5.72. The second-order valence-corrected chi connectivity index (χ2v) is 7.01. The molecule has 2 aromatic rings. The van der Waals surface area contributed by atoms with Gasteiger partial charge in [0.1, 0.15) is 5.69 Å². The first-order valence-electron chi connectivity index (χ1n) is 8.03. The van der Waals surface area contributed by atoms with E-state index in [9.17, 15) is 9.59 Å². The van der Waals surface area contributed by atoms with Gasteiger partial charge in [-0.05, 0) is 57.4 Å². The van der Waals surface area contributed by atoms with Gasteiger partial charge in [-0.1, -0.05) is 15.9 Å². The highest BCUT2D eigenvalue weighted by atomic mass is 79.9. The summed E-state index contributed by atoms with van der Waals surface area (Å²) in [6.45, 7) is 1.53. The number of benzene rings is 1. The highest BCUT2D eigenvalue weighted by Gasteiger charge is 2.13. The molecule has 0 unspecified atom stereocenters. The monoisotopic (exact) mass is 406 g/mol. The molecule has 0 saturated heterocycles. The van der Waals surface area contributed by atoms with Gasteiger partial charge in [-0.25, -0.2) is 0 Å². The van der Waals surface area contributed by atoms with E-state index in [1.54, 1.807) is 36.0 Å². The number of nitrogens with one attached hydrogen (secondary N) is 2. The summed E-state index contributed by atoms with van der Waals surface area (Å²) in [6, 6.07) is 8.78. The number of aryl methyl sites for hydroxylation is 1. The summed E-state index contributed by atoms with van der Waals surface area (Å²) < 4.78 is 2.62. The van der Waals surface area contributed by atoms with Crippen LogP contribution in [0.4, 0.5) is 5.69 Å². The van der Waals surface area contributed by atoms with Gasteiger partial charge in [0.15, 0.2) is 0 Å². The number of anilines is 1. The first-order valence-corrected chi connectivity index (χ1v) is 8.82. The summed E-state index contributed by atoms with van der Waals surface area (Å²) in [5, 5.41) is 5.71. The van der Waals surface area contributed by atoms with E-state index in [1.165, 1.54) is 0 Å². The molecule has 2 N–H and O–H groups in total. The molecule has 134 valence electrons. The van der Waals surface area contributed by atoms with Crippen molar-refractivity contribution in [3.8, 4) is 0 Å². The molecule has 1 aromatic heterocycles. The van der Waals surface area contributed by atoms with Crippen LogP contribution in [0.3, 0.4) is 0 Å². The summed E-state index contributed by atoms with van der Waals surface area (Å²) >= 11 is 3.34. The first-order chi connectivity index (χ1) is 11.9. The molecular weight excluding hydrogens is 384 g/mol. The van der Waals surface area contributed by atoms with E-state index in [2.05, 4.69) is 31.5 Å². The molecule has 0 fully saturated rings. The number of halogens is 1. The van der Waals surface area contributed by atoms with E-state index >= 15 is 0 Å². The summed E-state index contributed by atoms with van der Waals surface area (Å²) in [5.41, 5.74) is 1.66. The smallest absolute Gasteiger partial charge is 0.267 e. The molecule has 2 rings (SSSR count). The average Bonchev–Trinajstić information content (AvgIpc) is 2.92. The van der Waals surface area contributed by atoms with Crippen LogP contribution in [-0.4, -0.2) is 48.5 Å². The van der Waals surface area contributed by atoms with E-state index < -0.39 is 0 Å². The van der Waals surface area contributed by atoms with Crippen molar-refractivity contribution >= 4 is 33.4 Å². The normalized spacial score (nSPS) is 10.8. The lowest BCUT2D eigenvalue weighted by molar-refractivity contribution is 0.0943. The Morgan fingerprint density at radius 2 is 1.84 bits per heavy atom. The molecule has 1 aromatic carbocycles. The molecule has 0 spiro atoms. The number of carbonyl (C=O) groups is 2. The van der Waals surface area contributed by atoms with Crippen LogP contribution in [0.15, 0.2) is 41.0 Å². The van der Waals surface area contributed by atoms with E-state index in [4.69, 9.17) is 0 Å². The van der Waals surface area contributed by atoms with Gasteiger partial charge < -0.3 is 20.1 Å². The van der Waals surface area contributed by atoms with E-state index in [1.807, 2.05) is 26.2 Å². The maximum absolute atomic E-state index is 12.3. The minimum Gasteiger partial charge on any atom is -0.351 e. The highest BCUT2D eigenvalue weighted by molar-refractivity contribution is 9.10. The third-order valence-electron chi connectivity index (χ3n) is 3.67. The Kier molecular flexibility index (Phi) is 6.78. The average molecular weight is 407 g/mol. The number of hydrogen-bond acceptors (Lipinski definition) is 3. The largest absolute Gasteiger partial charge is 0.351 e. The summed E-state index contributed by atoms with van der Waals surface area (Å²) in [4.78, 5) is 26.6. The van der Waals surface area contributed by atoms with Crippen molar-refractivity contribution < 1.29 is 9.59 Å². The van der Waals surface area contributed by atoms with Crippen molar-refractivity contribution in [3.63, 3.8) is 0 Å². The summed E-state index contributed by atoms with van der Waals surface area (Å²) in [5.74, 6) is -0.360. The molecule has 25 heavy (non-hydrogen) atoms. The molecule has 0 bridgehead atoms. The fraction of sp³-hybridized carbons (Fsp3) is 0.333. The zero-order chi connectivity index (χ0) is 18.4. The van der Waals surface area contributed by atoms with Gasteiger partial charge in [0, 0.05) is 29.8 Å². The molecule has 0 aliphatic carbocycles. The van der Waals surface area contributed by atoms with Crippen molar-refractivity contribution in [2.45, 2.75) is 6.42 Å². The Morgan fingerprint density at radius 1 is 1.16 bits per heavy atom. The maximum Gasteiger partial charge on any atom is 0.267 e. The minimum absolute atomic E-state index is 0.148. The highest BCUT2D eigenvalue weighted by Crippen LogP contribution is 2.16. The maximum atomic E-state index is 12.3. The summed E-state index contributed by atoms with van der Waals surface area (Å²) in [6.07, 6.45) is 2.61. The predicted octanol–water partition coefficient (Wildman–Crippen LogP) is 2.72. The quantitative estimate of drug-likeness (QED) is 0.694. The molecule has 2 amide bonds. The van der Waals surface area contributed by atoms with Crippen molar-refractivity contribution in [3.05, 3.63) is 52.3 Å². The Labute approximate surface area is 156 Å². The Morgan fingerprint density at radius 3 is 2.48 bits per heavy atom. The molecule has 0 radical (unpaired) electrons. The second kappa shape index (κ2) is 8.82. The first kappa shape index (κ1) is 19.2. The minimum atomic E-state index is -0.212. The van der Waals surface area contributed by atoms with Gasteiger partial charge in [-0.3, -0.25) is 9.59 Å². The van der Waals surface area contributed by atoms with Gasteiger partial charge in [-0.15, -0.1) is 0 Å². The zero-order valence-corrected chi connectivity index (χ0v) is 16.3. The zero-order valence-electron chi connectivity index (χ0n) is 14.7. The van der Waals surface area contributed by atoms with Gasteiger partial charge in [0.05, 0.1) is 5.69 Å². The van der Waals surface area contributed by atoms with E-state index in [-0.39, 0.29) is 11.8 Å². The molecule has 0 saturated carbocycles. The van der Waals surface area contributed by atoms with E-state index in [0.29, 0.717) is 23.5 Å². The Balaban J connectivity index is 1.95. The molecule has 6 nitrogen and oxygen atoms in total. The number of amides is 2. The van der Waals surface area contributed by atoms with Crippen LogP contribution in [0.2, 0.25) is 0 Å². The lowest BCUT2D eigenvalue weighted by Crippen LogP contribution is -2.28. The van der Waals surface area contributed by atoms with Gasteiger partial charge in [-0.2, -0.15) is 0 Å². The topological polar surface area (TPSA) is 66.4 Å². The molecule has 0 aliphatic heterocycles. The van der Waals surface area contributed by atoms with Crippen LogP contribution in [0.1, 0.15) is 27.3 Å². The number of hydrogen-bond donors (Lipinski definition) is 2. The number of rotatable bonds is 7. The molecular formula is C18H23BrN4O2. The van der Waals surface area contributed by atoms with Crippen molar-refractivity contribution in [1.82, 2.24) is 14.8 Å². The van der Waals surface area contributed by atoms with Gasteiger partial charge in [0.25, 0.3) is 11.8 Å². The molecule has 0 atom stereocenters. The van der Waals surface area contributed by atoms with Crippen LogP contribution in [-0.2, 0) is 7.05 Å². The molecule has 0 aliphatic rings. The van der Waals surface area contributed by atoms with Crippen LogP contribution >= 0.6 is 15.9 Å². The molecule has 1 heterocycles. The fourth-order valence-electron chi connectivity index (χ4n) is 2.35. The standard InChI is InChI=1S/C18H23BrN4O2/c1-22(2)10-4-9-20-18(25)16-11-15(12-23(16)3)21-17(24)13-5-7-14(19)8-6-13/h5-8,11-12H,4,9-10H2,1-3H3,(H,20,25)(H,21,24). The Hall–Kier alpha value is -2.12. The fourth-order valence-corrected chi connectivity index (χ4v) is 2.62. The lowest BCUT2D eigenvalue weighted by Gasteiger charge is -2.10. The van der Waals surface area contributed by atoms with Crippen LogP contribution in [0.25, 0.3) is 0 Å². The number of nitrogens with zero attached hydrogens (tertiary/aromatic N) is 2. The second-order valence-electron chi connectivity index (χ2n) is 6.10.